The molecule has 1 N–H and O–H groups in total. The third-order valence-electron chi connectivity index (χ3n) is 7.42. The molecule has 1 unspecified atom stereocenters. The van der Waals surface area contributed by atoms with Crippen LogP contribution in [0.2, 0.25) is 0 Å². The molecule has 38 heavy (non-hydrogen) atoms. The summed E-state index contributed by atoms with van der Waals surface area (Å²) in [6.07, 6.45) is 9.34. The van der Waals surface area contributed by atoms with E-state index in [9.17, 15) is 9.90 Å². The van der Waals surface area contributed by atoms with Crippen molar-refractivity contribution in [2.45, 2.75) is 63.1 Å². The van der Waals surface area contributed by atoms with Crippen LogP contribution in [0.4, 0.5) is 0 Å². The predicted octanol–water partition coefficient (Wildman–Crippen LogP) is 5.90. The van der Waals surface area contributed by atoms with Crippen molar-refractivity contribution >= 4 is 5.97 Å². The monoisotopic (exact) mass is 518 g/mol. The second-order valence-corrected chi connectivity index (χ2v) is 10.1. The number of pyridine rings is 2. The first-order valence-electron chi connectivity index (χ1n) is 13.2. The van der Waals surface area contributed by atoms with Gasteiger partial charge in [-0.25, -0.2) is 9.97 Å². The van der Waals surface area contributed by atoms with E-state index >= 15 is 0 Å². The molecule has 2 aliphatic rings. The summed E-state index contributed by atoms with van der Waals surface area (Å²) < 4.78 is 23.4. The van der Waals surface area contributed by atoms with Gasteiger partial charge >= 0.3 is 5.97 Å². The Morgan fingerprint density at radius 1 is 0.895 bits per heavy atom. The molecule has 2 aliphatic carbocycles. The van der Waals surface area contributed by atoms with Gasteiger partial charge in [0.1, 0.15) is 17.6 Å². The Balaban J connectivity index is 1.22. The van der Waals surface area contributed by atoms with Crippen LogP contribution in [0.1, 0.15) is 56.4 Å². The van der Waals surface area contributed by atoms with E-state index in [1.165, 1.54) is 0 Å². The SMILES string of the molecule is COc1ccc(-c2ccc(OC)nc2)c(OC2CCC(Oc3cc(C(CC(=O)O)C4CC4)ccn3)CC2)c1. The van der Waals surface area contributed by atoms with E-state index in [1.807, 2.05) is 42.5 Å². The molecule has 0 radical (unpaired) electrons. The Labute approximate surface area is 222 Å². The van der Waals surface area contributed by atoms with Crippen molar-refractivity contribution in [1.29, 1.82) is 0 Å². The smallest absolute Gasteiger partial charge is 0.303 e. The Morgan fingerprint density at radius 2 is 1.66 bits per heavy atom. The van der Waals surface area contributed by atoms with Crippen molar-refractivity contribution in [1.82, 2.24) is 9.97 Å². The van der Waals surface area contributed by atoms with Crippen LogP contribution < -0.4 is 18.9 Å². The van der Waals surface area contributed by atoms with Crippen molar-refractivity contribution in [2.75, 3.05) is 14.2 Å². The number of carbonyl (C=O) groups is 1. The van der Waals surface area contributed by atoms with Crippen LogP contribution in [0, 0.1) is 5.92 Å². The number of carboxylic acid groups (broad SMARTS) is 1. The first-order valence-corrected chi connectivity index (χ1v) is 13.2. The van der Waals surface area contributed by atoms with Crippen LogP contribution in [-0.2, 0) is 4.79 Å². The van der Waals surface area contributed by atoms with Gasteiger partial charge in [0.15, 0.2) is 0 Å². The molecule has 2 fully saturated rings. The number of methoxy groups -OCH3 is 2. The van der Waals surface area contributed by atoms with Crippen molar-refractivity contribution in [3.8, 4) is 34.4 Å². The van der Waals surface area contributed by atoms with Gasteiger partial charge in [-0.1, -0.05) is 0 Å². The third kappa shape index (κ3) is 6.36. The van der Waals surface area contributed by atoms with Gasteiger partial charge in [-0.15, -0.1) is 0 Å². The lowest BCUT2D eigenvalue weighted by Crippen LogP contribution is -2.30. The highest BCUT2D eigenvalue weighted by molar-refractivity contribution is 5.71. The molecule has 2 saturated carbocycles. The Hall–Kier alpha value is -3.81. The predicted molar refractivity (Wildman–Crippen MR) is 142 cm³/mol. The maximum atomic E-state index is 11.4. The zero-order valence-corrected chi connectivity index (χ0v) is 21.8. The number of hydrogen-bond acceptors (Lipinski definition) is 7. The largest absolute Gasteiger partial charge is 0.497 e. The van der Waals surface area contributed by atoms with E-state index in [1.54, 1.807) is 26.6 Å². The maximum Gasteiger partial charge on any atom is 0.303 e. The second kappa shape index (κ2) is 11.7. The summed E-state index contributed by atoms with van der Waals surface area (Å²) in [4.78, 5) is 20.1. The molecule has 1 aromatic carbocycles. The quantitative estimate of drug-likeness (QED) is 0.335. The van der Waals surface area contributed by atoms with Gasteiger partial charge in [-0.2, -0.15) is 0 Å². The molecule has 1 atom stereocenters. The lowest BCUT2D eigenvalue weighted by Gasteiger charge is -2.30. The number of hydrogen-bond donors (Lipinski definition) is 1. The van der Waals surface area contributed by atoms with Crippen molar-refractivity contribution < 1.29 is 28.8 Å². The maximum absolute atomic E-state index is 11.4. The summed E-state index contributed by atoms with van der Waals surface area (Å²) in [6, 6.07) is 13.5. The molecular formula is C30H34N2O6. The van der Waals surface area contributed by atoms with Crippen LogP contribution >= 0.6 is 0 Å². The summed E-state index contributed by atoms with van der Waals surface area (Å²) in [6.45, 7) is 0. The third-order valence-corrected chi connectivity index (χ3v) is 7.42. The number of ether oxygens (including phenoxy) is 4. The lowest BCUT2D eigenvalue weighted by molar-refractivity contribution is -0.137. The minimum Gasteiger partial charge on any atom is -0.497 e. The van der Waals surface area contributed by atoms with Gasteiger partial charge in [-0.3, -0.25) is 4.79 Å². The highest BCUT2D eigenvalue weighted by Crippen LogP contribution is 2.45. The highest BCUT2D eigenvalue weighted by atomic mass is 16.5. The fraction of sp³-hybridized carbons (Fsp3) is 0.433. The van der Waals surface area contributed by atoms with Gasteiger partial charge in [-0.05, 0) is 80.2 Å². The molecule has 2 heterocycles. The van der Waals surface area contributed by atoms with Crippen LogP contribution in [0.15, 0.2) is 54.9 Å². The van der Waals surface area contributed by atoms with Gasteiger partial charge in [0.05, 0.1) is 26.7 Å². The van der Waals surface area contributed by atoms with E-state index in [0.717, 1.165) is 66.7 Å². The van der Waals surface area contributed by atoms with Gasteiger partial charge < -0.3 is 24.1 Å². The van der Waals surface area contributed by atoms with E-state index in [2.05, 4.69) is 9.97 Å². The second-order valence-electron chi connectivity index (χ2n) is 10.1. The Kier molecular flexibility index (Phi) is 7.96. The van der Waals surface area contributed by atoms with Gasteiger partial charge in [0.25, 0.3) is 0 Å². The summed E-state index contributed by atoms with van der Waals surface area (Å²) in [7, 11) is 3.24. The molecule has 0 saturated heterocycles. The molecule has 8 heteroatoms. The molecule has 0 bridgehead atoms. The van der Waals surface area contributed by atoms with Crippen LogP contribution in [-0.4, -0.2) is 47.5 Å². The van der Waals surface area contributed by atoms with E-state index in [-0.39, 0.29) is 24.5 Å². The van der Waals surface area contributed by atoms with E-state index in [4.69, 9.17) is 18.9 Å². The molecule has 2 aromatic heterocycles. The topological polar surface area (TPSA) is 100 Å². The molecule has 5 rings (SSSR count). The molecule has 0 aliphatic heterocycles. The summed E-state index contributed by atoms with van der Waals surface area (Å²) >= 11 is 0. The van der Waals surface area contributed by atoms with Crippen molar-refractivity contribution in [3.05, 3.63) is 60.4 Å². The lowest BCUT2D eigenvalue weighted by atomic mass is 9.91. The zero-order valence-electron chi connectivity index (χ0n) is 21.8. The normalized spacial score (nSPS) is 19.8. The number of aromatic nitrogens is 2. The van der Waals surface area contributed by atoms with Crippen LogP contribution in [0.3, 0.4) is 0 Å². The molecular weight excluding hydrogens is 484 g/mol. The summed E-state index contributed by atoms with van der Waals surface area (Å²) in [5, 5.41) is 9.34. The molecule has 200 valence electrons. The molecule has 8 nitrogen and oxygen atoms in total. The minimum atomic E-state index is -0.762. The number of rotatable bonds is 11. The average molecular weight is 519 g/mol. The number of carboxylic acids is 1. The van der Waals surface area contributed by atoms with Crippen molar-refractivity contribution in [3.63, 3.8) is 0 Å². The number of aliphatic carboxylic acids is 1. The number of nitrogens with zero attached hydrogens (tertiary/aromatic N) is 2. The summed E-state index contributed by atoms with van der Waals surface area (Å²) in [5.74, 6) is 2.35. The number of benzene rings is 1. The molecule has 0 amide bonds. The van der Waals surface area contributed by atoms with E-state index in [0.29, 0.717) is 17.7 Å². The Morgan fingerprint density at radius 3 is 2.29 bits per heavy atom. The van der Waals surface area contributed by atoms with Crippen LogP contribution in [0.25, 0.3) is 11.1 Å². The first-order chi connectivity index (χ1) is 18.5. The highest BCUT2D eigenvalue weighted by Gasteiger charge is 2.34. The van der Waals surface area contributed by atoms with Gasteiger partial charge in [0, 0.05) is 41.7 Å². The van der Waals surface area contributed by atoms with E-state index < -0.39 is 5.97 Å². The van der Waals surface area contributed by atoms with Crippen LogP contribution in [0.5, 0.6) is 23.3 Å². The fourth-order valence-corrected chi connectivity index (χ4v) is 5.21. The standard InChI is InChI=1S/C30H34N2O6/c1-35-24-10-11-25(21-5-12-28(36-2)32-18-21)27(16-24)37-22-6-8-23(9-7-22)38-29-15-20(13-14-31-29)26(17-30(33)34)19-3-4-19/h5,10-16,18-19,22-23,26H,3-4,6-9,17H2,1-2H3,(H,33,34). The summed E-state index contributed by atoms with van der Waals surface area (Å²) in [5.41, 5.74) is 2.90. The molecule has 3 aromatic rings. The Bertz CT molecular complexity index is 1240. The zero-order chi connectivity index (χ0) is 26.5. The van der Waals surface area contributed by atoms with Crippen molar-refractivity contribution in [2.24, 2.45) is 5.92 Å². The fourth-order valence-electron chi connectivity index (χ4n) is 5.21. The van der Waals surface area contributed by atoms with Gasteiger partial charge in [0.2, 0.25) is 11.8 Å². The average Bonchev–Trinajstić information content (AvgIpc) is 3.78. The first kappa shape index (κ1) is 25.8. The molecule has 0 spiro atoms. The minimum absolute atomic E-state index is 0.0277.